The first-order valence-electron chi connectivity index (χ1n) is 5.02. The smallest absolute Gasteiger partial charge is 0.128 e. The Balaban J connectivity index is 2.45. The second-order valence-electron chi connectivity index (χ2n) is 3.68. The monoisotopic (exact) mass is 238 g/mol. The second kappa shape index (κ2) is 4.60. The van der Waals surface area contributed by atoms with Crippen LogP contribution in [0.2, 0.25) is 0 Å². The molecule has 6 heteroatoms. The van der Waals surface area contributed by atoms with E-state index in [-0.39, 0.29) is 5.56 Å². The fourth-order valence-electron chi connectivity index (χ4n) is 1.66. The lowest BCUT2D eigenvalue weighted by Crippen LogP contribution is -2.30. The van der Waals surface area contributed by atoms with Crippen molar-refractivity contribution in [2.75, 3.05) is 0 Å². The molecular formula is C11H12F2N4. The first kappa shape index (κ1) is 11.7. The first-order chi connectivity index (χ1) is 8.11. The van der Waals surface area contributed by atoms with Crippen molar-refractivity contribution in [2.24, 2.45) is 12.9 Å². The Labute approximate surface area is 97.0 Å². The van der Waals surface area contributed by atoms with Crippen LogP contribution in [-0.4, -0.2) is 9.78 Å². The lowest BCUT2D eigenvalue weighted by atomic mass is 10.0. The predicted molar refractivity (Wildman–Crippen MR) is 58.7 cm³/mol. The van der Waals surface area contributed by atoms with Gasteiger partial charge in [0.15, 0.2) is 0 Å². The van der Waals surface area contributed by atoms with Crippen LogP contribution in [0, 0.1) is 11.6 Å². The molecule has 0 spiro atoms. The molecule has 1 aromatic carbocycles. The quantitative estimate of drug-likeness (QED) is 0.625. The normalized spacial score (nSPS) is 12.7. The maximum absolute atomic E-state index is 13.6. The van der Waals surface area contributed by atoms with Gasteiger partial charge in [-0.3, -0.25) is 10.5 Å². The predicted octanol–water partition coefficient (Wildman–Crippen LogP) is 1.25. The van der Waals surface area contributed by atoms with Gasteiger partial charge in [-0.25, -0.2) is 14.2 Å². The lowest BCUT2D eigenvalue weighted by molar-refractivity contribution is 0.535. The third-order valence-corrected chi connectivity index (χ3v) is 2.47. The summed E-state index contributed by atoms with van der Waals surface area (Å²) in [7, 11) is 1.74. The van der Waals surface area contributed by atoms with Crippen LogP contribution in [0.25, 0.3) is 0 Å². The number of nitrogens with two attached hydrogens (primary N) is 1. The van der Waals surface area contributed by atoms with E-state index in [1.807, 2.05) is 0 Å². The molecule has 90 valence electrons. The Morgan fingerprint density at radius 1 is 1.35 bits per heavy atom. The summed E-state index contributed by atoms with van der Waals surface area (Å²) in [5.74, 6) is 4.33. The molecule has 0 aliphatic carbocycles. The van der Waals surface area contributed by atoms with Gasteiger partial charge < -0.3 is 0 Å². The van der Waals surface area contributed by atoms with Gasteiger partial charge in [-0.15, -0.1) is 0 Å². The molecule has 0 aliphatic rings. The van der Waals surface area contributed by atoms with Crippen LogP contribution in [0.4, 0.5) is 8.78 Å². The molecule has 2 rings (SSSR count). The minimum Gasteiger partial charge on any atom is -0.275 e. The van der Waals surface area contributed by atoms with Crippen molar-refractivity contribution in [1.82, 2.24) is 15.2 Å². The average molecular weight is 238 g/mol. The largest absolute Gasteiger partial charge is 0.275 e. The molecule has 0 radical (unpaired) electrons. The van der Waals surface area contributed by atoms with Crippen LogP contribution in [0.15, 0.2) is 30.5 Å². The zero-order valence-corrected chi connectivity index (χ0v) is 9.19. The zero-order chi connectivity index (χ0) is 12.4. The molecule has 0 saturated carbocycles. The molecule has 17 heavy (non-hydrogen) atoms. The highest BCUT2D eigenvalue weighted by molar-refractivity contribution is 5.28. The van der Waals surface area contributed by atoms with Gasteiger partial charge >= 0.3 is 0 Å². The van der Waals surface area contributed by atoms with Gasteiger partial charge in [0.1, 0.15) is 11.6 Å². The molecule has 3 N–H and O–H groups in total. The van der Waals surface area contributed by atoms with Crippen molar-refractivity contribution in [3.8, 4) is 0 Å². The van der Waals surface area contributed by atoms with Crippen LogP contribution in [0.5, 0.6) is 0 Å². The number of benzene rings is 1. The highest BCUT2D eigenvalue weighted by Crippen LogP contribution is 2.23. The van der Waals surface area contributed by atoms with E-state index in [0.717, 1.165) is 18.2 Å². The molecule has 0 fully saturated rings. The van der Waals surface area contributed by atoms with E-state index in [1.165, 1.54) is 0 Å². The van der Waals surface area contributed by atoms with Crippen molar-refractivity contribution in [3.63, 3.8) is 0 Å². The van der Waals surface area contributed by atoms with E-state index in [9.17, 15) is 8.78 Å². The van der Waals surface area contributed by atoms with Crippen LogP contribution >= 0.6 is 0 Å². The summed E-state index contributed by atoms with van der Waals surface area (Å²) in [5, 5.41) is 4.11. The topological polar surface area (TPSA) is 55.9 Å². The van der Waals surface area contributed by atoms with Crippen molar-refractivity contribution in [3.05, 3.63) is 53.4 Å². The fourth-order valence-corrected chi connectivity index (χ4v) is 1.66. The van der Waals surface area contributed by atoms with Crippen molar-refractivity contribution in [1.29, 1.82) is 0 Å². The van der Waals surface area contributed by atoms with Crippen LogP contribution in [0.1, 0.15) is 17.3 Å². The van der Waals surface area contributed by atoms with Gasteiger partial charge in [0.2, 0.25) is 0 Å². The van der Waals surface area contributed by atoms with Crippen LogP contribution in [0.3, 0.4) is 0 Å². The third kappa shape index (κ3) is 2.32. The van der Waals surface area contributed by atoms with Gasteiger partial charge in [0.05, 0.1) is 11.7 Å². The summed E-state index contributed by atoms with van der Waals surface area (Å²) >= 11 is 0. The molecule has 2 aromatic rings. The average Bonchev–Trinajstić information content (AvgIpc) is 2.71. The molecule has 1 atom stereocenters. The third-order valence-electron chi connectivity index (χ3n) is 2.47. The van der Waals surface area contributed by atoms with Gasteiger partial charge in [-0.1, -0.05) is 0 Å². The van der Waals surface area contributed by atoms with Gasteiger partial charge in [-0.05, 0) is 24.3 Å². The Morgan fingerprint density at radius 2 is 2.12 bits per heavy atom. The highest BCUT2D eigenvalue weighted by Gasteiger charge is 2.19. The number of rotatable bonds is 3. The molecule has 0 amide bonds. The second-order valence-corrected chi connectivity index (χ2v) is 3.68. The van der Waals surface area contributed by atoms with Crippen molar-refractivity contribution < 1.29 is 8.78 Å². The molecule has 0 bridgehead atoms. The summed E-state index contributed by atoms with van der Waals surface area (Å²) in [5.41, 5.74) is 3.09. The maximum atomic E-state index is 13.6. The minimum atomic E-state index is -0.674. The standard InChI is InChI=1S/C11H12F2N4/c1-17-5-4-10(16-17)11(15-14)8-6-7(12)2-3-9(8)13/h2-6,11,15H,14H2,1H3. The summed E-state index contributed by atoms with van der Waals surface area (Å²) in [6.07, 6.45) is 1.71. The molecule has 1 unspecified atom stereocenters. The number of nitrogens with zero attached hydrogens (tertiary/aromatic N) is 2. The van der Waals surface area contributed by atoms with E-state index in [1.54, 1.807) is 24.0 Å². The molecular weight excluding hydrogens is 226 g/mol. The number of hydrogen-bond acceptors (Lipinski definition) is 3. The SMILES string of the molecule is Cn1ccc(C(NN)c2cc(F)ccc2F)n1. The van der Waals surface area contributed by atoms with Crippen LogP contribution in [-0.2, 0) is 7.05 Å². The summed E-state index contributed by atoms with van der Waals surface area (Å²) in [4.78, 5) is 0. The lowest BCUT2D eigenvalue weighted by Gasteiger charge is -2.14. The molecule has 0 aliphatic heterocycles. The first-order valence-corrected chi connectivity index (χ1v) is 5.02. The molecule has 4 nitrogen and oxygen atoms in total. The summed E-state index contributed by atoms with van der Waals surface area (Å²) < 4.78 is 28.3. The van der Waals surface area contributed by atoms with E-state index >= 15 is 0 Å². The zero-order valence-electron chi connectivity index (χ0n) is 9.19. The number of aromatic nitrogens is 2. The van der Waals surface area contributed by atoms with Gasteiger partial charge in [-0.2, -0.15) is 5.10 Å². The Morgan fingerprint density at radius 3 is 2.71 bits per heavy atom. The van der Waals surface area contributed by atoms with Crippen molar-refractivity contribution >= 4 is 0 Å². The number of hydrogen-bond donors (Lipinski definition) is 2. The van der Waals surface area contributed by atoms with Crippen molar-refractivity contribution in [2.45, 2.75) is 6.04 Å². The Bertz CT molecular complexity index is 524. The molecule has 1 heterocycles. The number of hydrazine groups is 1. The molecule has 1 aromatic heterocycles. The fraction of sp³-hybridized carbons (Fsp3) is 0.182. The maximum Gasteiger partial charge on any atom is 0.128 e. The van der Waals surface area contributed by atoms with Gasteiger partial charge in [0.25, 0.3) is 0 Å². The number of halogens is 2. The highest BCUT2D eigenvalue weighted by atomic mass is 19.1. The summed E-state index contributed by atoms with van der Waals surface area (Å²) in [6, 6.07) is 4.25. The minimum absolute atomic E-state index is 0.131. The number of aryl methyl sites for hydroxylation is 1. The number of nitrogens with one attached hydrogen (secondary N) is 1. The Hall–Kier alpha value is -1.79. The van der Waals surface area contributed by atoms with Gasteiger partial charge in [0, 0.05) is 18.8 Å². The van der Waals surface area contributed by atoms with Crippen LogP contribution < -0.4 is 11.3 Å². The van der Waals surface area contributed by atoms with E-state index in [4.69, 9.17) is 5.84 Å². The Kier molecular flexibility index (Phi) is 3.16. The molecule has 0 saturated heterocycles. The van der Waals surface area contributed by atoms with E-state index < -0.39 is 17.7 Å². The summed E-state index contributed by atoms with van der Waals surface area (Å²) in [6.45, 7) is 0. The van der Waals surface area contributed by atoms with E-state index in [2.05, 4.69) is 10.5 Å². The van der Waals surface area contributed by atoms with E-state index in [0.29, 0.717) is 5.69 Å².